The highest BCUT2D eigenvalue weighted by molar-refractivity contribution is 4.94. The Hall–Kier alpha value is -0.830. The number of rotatable bonds is 2. The largest absolute Gasteiger partial charge is 0.445 e. The van der Waals surface area contributed by atoms with Crippen molar-refractivity contribution in [2.75, 3.05) is 6.54 Å². The molecule has 2 rings (SSSR count). The van der Waals surface area contributed by atoms with Gasteiger partial charge >= 0.3 is 0 Å². The van der Waals surface area contributed by atoms with Gasteiger partial charge in [0.1, 0.15) is 5.76 Å². The Morgan fingerprint density at radius 3 is 2.81 bits per heavy atom. The van der Waals surface area contributed by atoms with E-state index in [4.69, 9.17) is 4.42 Å². The van der Waals surface area contributed by atoms with Crippen LogP contribution in [0.5, 0.6) is 0 Å². The van der Waals surface area contributed by atoms with Gasteiger partial charge < -0.3 is 4.42 Å². The lowest BCUT2D eigenvalue weighted by Crippen LogP contribution is -2.38. The van der Waals surface area contributed by atoms with Crippen molar-refractivity contribution in [2.24, 2.45) is 5.41 Å². The summed E-state index contributed by atoms with van der Waals surface area (Å²) >= 11 is 0. The monoisotopic (exact) mass is 222 g/mol. The van der Waals surface area contributed by atoms with E-state index in [-0.39, 0.29) is 0 Å². The van der Waals surface area contributed by atoms with Crippen LogP contribution in [0.1, 0.15) is 45.3 Å². The third-order valence-electron chi connectivity index (χ3n) is 3.37. The Kier molecular flexibility index (Phi) is 3.06. The van der Waals surface area contributed by atoms with E-state index in [1.807, 2.05) is 6.92 Å². The van der Waals surface area contributed by atoms with Gasteiger partial charge in [0, 0.05) is 6.04 Å². The number of nitrogens with zero attached hydrogens (tertiary/aromatic N) is 2. The highest BCUT2D eigenvalue weighted by Crippen LogP contribution is 2.33. The fourth-order valence-electron chi connectivity index (χ4n) is 2.64. The van der Waals surface area contributed by atoms with E-state index in [9.17, 15) is 0 Å². The summed E-state index contributed by atoms with van der Waals surface area (Å²) in [6, 6.07) is 0.653. The zero-order valence-corrected chi connectivity index (χ0v) is 10.8. The number of hydrogen-bond donors (Lipinski definition) is 0. The first-order valence-electron chi connectivity index (χ1n) is 6.12. The number of oxazole rings is 1. The van der Waals surface area contributed by atoms with Crippen molar-refractivity contribution in [1.29, 1.82) is 0 Å². The van der Waals surface area contributed by atoms with Gasteiger partial charge in [0.15, 0.2) is 0 Å². The smallest absolute Gasteiger partial charge is 0.208 e. The summed E-state index contributed by atoms with van der Waals surface area (Å²) in [7, 11) is 0. The highest BCUT2D eigenvalue weighted by atomic mass is 16.4. The normalized spacial score (nSPS) is 22.9. The third kappa shape index (κ3) is 2.46. The second-order valence-electron chi connectivity index (χ2n) is 5.86. The molecular formula is C13H22N2O. The van der Waals surface area contributed by atoms with E-state index in [2.05, 4.69) is 30.7 Å². The predicted octanol–water partition coefficient (Wildman–Crippen LogP) is 2.99. The zero-order valence-electron chi connectivity index (χ0n) is 10.8. The third-order valence-corrected chi connectivity index (χ3v) is 3.37. The van der Waals surface area contributed by atoms with Gasteiger partial charge in [0.25, 0.3) is 0 Å². The predicted molar refractivity (Wildman–Crippen MR) is 64.1 cm³/mol. The van der Waals surface area contributed by atoms with Gasteiger partial charge in [-0.2, -0.15) is 0 Å². The number of aromatic nitrogens is 1. The summed E-state index contributed by atoms with van der Waals surface area (Å²) in [4.78, 5) is 6.79. The lowest BCUT2D eigenvalue weighted by molar-refractivity contribution is 0.124. The van der Waals surface area contributed by atoms with Crippen molar-refractivity contribution in [3.8, 4) is 0 Å². The second-order valence-corrected chi connectivity index (χ2v) is 5.86. The summed E-state index contributed by atoms with van der Waals surface area (Å²) in [6.07, 6.45) is 4.39. The molecule has 0 radical (unpaired) electrons. The van der Waals surface area contributed by atoms with Crippen molar-refractivity contribution in [3.05, 3.63) is 17.8 Å². The van der Waals surface area contributed by atoms with E-state index >= 15 is 0 Å². The fourth-order valence-corrected chi connectivity index (χ4v) is 2.64. The summed E-state index contributed by atoms with van der Waals surface area (Å²) in [5.41, 5.74) is 0.345. The molecule has 1 aliphatic heterocycles. The molecule has 2 heterocycles. The number of likely N-dealkylation sites (tertiary alicyclic amines) is 1. The van der Waals surface area contributed by atoms with Gasteiger partial charge in [0.2, 0.25) is 5.89 Å². The molecule has 0 amide bonds. The van der Waals surface area contributed by atoms with Gasteiger partial charge in [-0.3, -0.25) is 4.90 Å². The fraction of sp³-hybridized carbons (Fsp3) is 0.769. The molecule has 1 aliphatic rings. The molecule has 90 valence electrons. The molecule has 3 heteroatoms. The molecule has 1 atom stereocenters. The van der Waals surface area contributed by atoms with Crippen LogP contribution in [0.25, 0.3) is 0 Å². The number of hydrogen-bond acceptors (Lipinski definition) is 3. The van der Waals surface area contributed by atoms with Crippen LogP contribution in [0.2, 0.25) is 0 Å². The molecule has 0 N–H and O–H groups in total. The minimum absolute atomic E-state index is 0.345. The molecule has 16 heavy (non-hydrogen) atoms. The summed E-state index contributed by atoms with van der Waals surface area (Å²) in [5, 5.41) is 0. The topological polar surface area (TPSA) is 29.3 Å². The molecule has 1 saturated heterocycles. The Labute approximate surface area is 97.8 Å². The first kappa shape index (κ1) is 11.6. The average molecular weight is 222 g/mol. The Morgan fingerprint density at radius 2 is 2.25 bits per heavy atom. The van der Waals surface area contributed by atoms with Crippen molar-refractivity contribution < 1.29 is 4.42 Å². The zero-order chi connectivity index (χ0) is 11.8. The highest BCUT2D eigenvalue weighted by Gasteiger charge is 2.34. The van der Waals surface area contributed by atoms with Crippen LogP contribution >= 0.6 is 0 Å². The van der Waals surface area contributed by atoms with Gasteiger partial charge in [-0.25, -0.2) is 4.98 Å². The quantitative estimate of drug-likeness (QED) is 0.770. The SMILES string of the molecule is Cc1cnc(CN2CCCC2C(C)(C)C)o1. The molecule has 0 aliphatic carbocycles. The summed E-state index contributed by atoms with van der Waals surface area (Å²) in [5.74, 6) is 1.76. The van der Waals surface area contributed by atoms with Crippen molar-refractivity contribution in [1.82, 2.24) is 9.88 Å². The van der Waals surface area contributed by atoms with Crippen LogP contribution in [0.3, 0.4) is 0 Å². The molecule has 1 fully saturated rings. The molecule has 0 aromatic carbocycles. The van der Waals surface area contributed by atoms with E-state index in [1.165, 1.54) is 19.4 Å². The van der Waals surface area contributed by atoms with Crippen LogP contribution < -0.4 is 0 Å². The first-order chi connectivity index (χ1) is 7.47. The first-order valence-corrected chi connectivity index (χ1v) is 6.12. The van der Waals surface area contributed by atoms with Gasteiger partial charge in [-0.1, -0.05) is 20.8 Å². The van der Waals surface area contributed by atoms with Gasteiger partial charge in [-0.15, -0.1) is 0 Å². The van der Waals surface area contributed by atoms with Crippen LogP contribution in [0.4, 0.5) is 0 Å². The average Bonchev–Trinajstić information content (AvgIpc) is 2.74. The van der Waals surface area contributed by atoms with Crippen molar-refractivity contribution >= 4 is 0 Å². The second kappa shape index (κ2) is 4.21. The van der Waals surface area contributed by atoms with Crippen molar-refractivity contribution in [3.63, 3.8) is 0 Å². The maximum Gasteiger partial charge on any atom is 0.208 e. The molecule has 1 aromatic heterocycles. The maximum atomic E-state index is 5.55. The van der Waals surface area contributed by atoms with Crippen LogP contribution in [-0.2, 0) is 6.54 Å². The van der Waals surface area contributed by atoms with E-state index in [0.29, 0.717) is 11.5 Å². The standard InChI is InChI=1S/C13H22N2O/c1-10-8-14-12(16-10)9-15-7-5-6-11(15)13(2,3)4/h8,11H,5-7,9H2,1-4H3. The lowest BCUT2D eigenvalue weighted by atomic mass is 9.85. The molecule has 1 aromatic rings. The molecule has 0 bridgehead atoms. The van der Waals surface area contributed by atoms with E-state index in [0.717, 1.165) is 18.2 Å². The van der Waals surface area contributed by atoms with Crippen molar-refractivity contribution in [2.45, 2.75) is 53.1 Å². The molecule has 0 saturated carbocycles. The summed E-state index contributed by atoms with van der Waals surface area (Å²) in [6.45, 7) is 10.9. The Bertz CT molecular complexity index is 351. The van der Waals surface area contributed by atoms with Gasteiger partial charge in [0.05, 0.1) is 12.7 Å². The van der Waals surface area contributed by atoms with Crippen LogP contribution in [0, 0.1) is 12.3 Å². The van der Waals surface area contributed by atoms with E-state index in [1.54, 1.807) is 6.20 Å². The molecular weight excluding hydrogens is 200 g/mol. The molecule has 1 unspecified atom stereocenters. The Balaban J connectivity index is 2.04. The van der Waals surface area contributed by atoms with Crippen LogP contribution in [-0.4, -0.2) is 22.5 Å². The maximum absolute atomic E-state index is 5.55. The van der Waals surface area contributed by atoms with Crippen LogP contribution in [0.15, 0.2) is 10.6 Å². The molecule has 3 nitrogen and oxygen atoms in total. The Morgan fingerprint density at radius 1 is 1.50 bits per heavy atom. The van der Waals surface area contributed by atoms with E-state index < -0.39 is 0 Å². The minimum Gasteiger partial charge on any atom is -0.445 e. The summed E-state index contributed by atoms with van der Waals surface area (Å²) < 4.78 is 5.55. The van der Waals surface area contributed by atoms with Gasteiger partial charge in [-0.05, 0) is 31.7 Å². The molecule has 0 spiro atoms. The lowest BCUT2D eigenvalue weighted by Gasteiger charge is -2.34. The minimum atomic E-state index is 0.345. The number of aryl methyl sites for hydroxylation is 1.